The molecule has 2 N–H and O–H groups in total. The number of hydrogen-bond acceptors (Lipinski definition) is 3. The summed E-state index contributed by atoms with van der Waals surface area (Å²) >= 11 is 0. The van der Waals surface area contributed by atoms with E-state index in [0.717, 1.165) is 36.9 Å². The van der Waals surface area contributed by atoms with E-state index in [1.54, 1.807) is 6.20 Å². The fourth-order valence-corrected chi connectivity index (χ4v) is 2.38. The molecular formula is C19H29N5O. The number of rotatable bonds is 8. The molecule has 0 aliphatic carbocycles. The Kier molecular flexibility index (Phi) is 7.32. The van der Waals surface area contributed by atoms with Crippen LogP contribution in [0.25, 0.3) is 0 Å². The lowest BCUT2D eigenvalue weighted by Gasteiger charge is -2.15. The Balaban J connectivity index is 1.99. The number of benzene rings is 1. The van der Waals surface area contributed by atoms with Gasteiger partial charge in [-0.05, 0) is 39.3 Å². The minimum absolute atomic E-state index is 0.145. The van der Waals surface area contributed by atoms with E-state index in [4.69, 9.17) is 4.74 Å². The predicted octanol–water partition coefficient (Wildman–Crippen LogP) is 2.73. The standard InChI is InChI=1S/C19H29N5O/c1-5-21-19(22-9-11-24-10-8-20-14-24)23-13-17-7-6-16(4)12-18(17)25-15(2)3/h6-8,10,12,14-15H,5,9,11,13H2,1-4H3,(H2,21,22,23). The van der Waals surface area contributed by atoms with Gasteiger partial charge in [0.25, 0.3) is 0 Å². The molecule has 136 valence electrons. The first kappa shape index (κ1) is 18.8. The summed E-state index contributed by atoms with van der Waals surface area (Å²) in [6.07, 6.45) is 5.69. The predicted molar refractivity (Wildman–Crippen MR) is 102 cm³/mol. The first-order chi connectivity index (χ1) is 12.1. The van der Waals surface area contributed by atoms with E-state index in [9.17, 15) is 0 Å². The lowest BCUT2D eigenvalue weighted by atomic mass is 10.1. The first-order valence-corrected chi connectivity index (χ1v) is 8.82. The number of nitrogens with one attached hydrogen (secondary N) is 2. The van der Waals surface area contributed by atoms with E-state index < -0.39 is 0 Å². The zero-order chi connectivity index (χ0) is 18.1. The van der Waals surface area contributed by atoms with Gasteiger partial charge in [-0.2, -0.15) is 0 Å². The van der Waals surface area contributed by atoms with Crippen LogP contribution in [0.3, 0.4) is 0 Å². The van der Waals surface area contributed by atoms with Crippen molar-refractivity contribution in [1.82, 2.24) is 20.2 Å². The van der Waals surface area contributed by atoms with Crippen molar-refractivity contribution < 1.29 is 4.74 Å². The molecule has 0 spiro atoms. The van der Waals surface area contributed by atoms with Crippen LogP contribution >= 0.6 is 0 Å². The molecule has 0 fully saturated rings. The minimum atomic E-state index is 0.145. The maximum atomic E-state index is 5.93. The number of nitrogens with zero attached hydrogens (tertiary/aromatic N) is 3. The molecule has 1 aromatic heterocycles. The summed E-state index contributed by atoms with van der Waals surface area (Å²) in [6, 6.07) is 6.26. The Morgan fingerprint density at radius 1 is 1.32 bits per heavy atom. The highest BCUT2D eigenvalue weighted by Gasteiger charge is 2.06. The van der Waals surface area contributed by atoms with Crippen LogP contribution in [-0.4, -0.2) is 34.7 Å². The van der Waals surface area contributed by atoms with Crippen molar-refractivity contribution in [1.29, 1.82) is 0 Å². The highest BCUT2D eigenvalue weighted by molar-refractivity contribution is 5.79. The SMILES string of the molecule is CCNC(=NCc1ccc(C)cc1OC(C)C)NCCn1ccnc1. The lowest BCUT2D eigenvalue weighted by molar-refractivity contribution is 0.240. The van der Waals surface area contributed by atoms with Crippen molar-refractivity contribution >= 4 is 5.96 Å². The van der Waals surface area contributed by atoms with Gasteiger partial charge in [-0.15, -0.1) is 0 Å². The van der Waals surface area contributed by atoms with Gasteiger partial charge in [0.15, 0.2) is 5.96 Å². The summed E-state index contributed by atoms with van der Waals surface area (Å²) in [6.45, 7) is 11.2. The van der Waals surface area contributed by atoms with Crippen LogP contribution in [0.4, 0.5) is 0 Å². The van der Waals surface area contributed by atoms with Gasteiger partial charge >= 0.3 is 0 Å². The second kappa shape index (κ2) is 9.71. The van der Waals surface area contributed by atoms with E-state index in [1.165, 1.54) is 5.56 Å². The molecule has 1 heterocycles. The van der Waals surface area contributed by atoms with Crippen LogP contribution in [0.1, 0.15) is 31.9 Å². The van der Waals surface area contributed by atoms with Crippen molar-refractivity contribution in [2.24, 2.45) is 4.99 Å². The third kappa shape index (κ3) is 6.49. The second-order valence-electron chi connectivity index (χ2n) is 6.20. The van der Waals surface area contributed by atoms with Gasteiger partial charge in [-0.25, -0.2) is 9.98 Å². The fraction of sp³-hybridized carbons (Fsp3) is 0.474. The third-order valence-electron chi connectivity index (χ3n) is 3.56. The number of aryl methyl sites for hydroxylation is 1. The summed E-state index contributed by atoms with van der Waals surface area (Å²) in [5, 5.41) is 6.63. The van der Waals surface area contributed by atoms with E-state index in [1.807, 2.05) is 30.9 Å². The molecule has 0 saturated heterocycles. The van der Waals surface area contributed by atoms with Crippen LogP contribution in [0.15, 0.2) is 41.9 Å². The molecule has 0 radical (unpaired) electrons. The number of ether oxygens (including phenoxy) is 1. The van der Waals surface area contributed by atoms with Crippen molar-refractivity contribution in [3.63, 3.8) is 0 Å². The molecule has 25 heavy (non-hydrogen) atoms. The number of guanidine groups is 1. The van der Waals surface area contributed by atoms with Crippen LogP contribution in [0.5, 0.6) is 5.75 Å². The van der Waals surface area contributed by atoms with Crippen molar-refractivity contribution in [2.45, 2.75) is 46.9 Å². The van der Waals surface area contributed by atoms with Gasteiger partial charge in [-0.3, -0.25) is 0 Å². The highest BCUT2D eigenvalue weighted by Crippen LogP contribution is 2.22. The lowest BCUT2D eigenvalue weighted by Crippen LogP contribution is -2.38. The molecular weight excluding hydrogens is 314 g/mol. The second-order valence-corrected chi connectivity index (χ2v) is 6.20. The van der Waals surface area contributed by atoms with Gasteiger partial charge in [-0.1, -0.05) is 12.1 Å². The number of aromatic nitrogens is 2. The molecule has 2 rings (SSSR count). The number of hydrogen-bond donors (Lipinski definition) is 2. The normalized spacial score (nSPS) is 11.6. The molecule has 2 aromatic rings. The molecule has 6 heteroatoms. The Bertz CT molecular complexity index is 664. The molecule has 1 aromatic carbocycles. The molecule has 0 atom stereocenters. The summed E-state index contributed by atoms with van der Waals surface area (Å²) in [5.74, 6) is 1.71. The summed E-state index contributed by atoms with van der Waals surface area (Å²) < 4.78 is 7.96. The van der Waals surface area contributed by atoms with Gasteiger partial charge in [0.2, 0.25) is 0 Å². The summed E-state index contributed by atoms with van der Waals surface area (Å²) in [4.78, 5) is 8.74. The summed E-state index contributed by atoms with van der Waals surface area (Å²) in [5.41, 5.74) is 2.28. The molecule has 0 bridgehead atoms. The van der Waals surface area contributed by atoms with E-state index in [-0.39, 0.29) is 6.10 Å². The van der Waals surface area contributed by atoms with Crippen molar-refractivity contribution in [3.05, 3.63) is 48.0 Å². The molecule has 0 unspecified atom stereocenters. The largest absolute Gasteiger partial charge is 0.491 e. The zero-order valence-corrected chi connectivity index (χ0v) is 15.6. The van der Waals surface area contributed by atoms with Gasteiger partial charge in [0, 0.05) is 37.6 Å². The van der Waals surface area contributed by atoms with Crippen molar-refractivity contribution in [2.75, 3.05) is 13.1 Å². The van der Waals surface area contributed by atoms with Gasteiger partial charge in [0.05, 0.1) is 19.0 Å². The van der Waals surface area contributed by atoms with Crippen LogP contribution in [0.2, 0.25) is 0 Å². The maximum Gasteiger partial charge on any atom is 0.191 e. The quantitative estimate of drug-likeness (QED) is 0.571. The number of aliphatic imine (C=N–C) groups is 1. The zero-order valence-electron chi connectivity index (χ0n) is 15.6. The smallest absolute Gasteiger partial charge is 0.191 e. The highest BCUT2D eigenvalue weighted by atomic mass is 16.5. The minimum Gasteiger partial charge on any atom is -0.491 e. The van der Waals surface area contributed by atoms with Gasteiger partial charge in [0.1, 0.15) is 5.75 Å². The Hall–Kier alpha value is -2.50. The Morgan fingerprint density at radius 2 is 2.16 bits per heavy atom. The van der Waals surface area contributed by atoms with Gasteiger partial charge < -0.3 is 19.9 Å². The number of imidazole rings is 1. The molecule has 0 amide bonds. The van der Waals surface area contributed by atoms with E-state index in [0.29, 0.717) is 6.54 Å². The molecule has 0 saturated carbocycles. The first-order valence-electron chi connectivity index (χ1n) is 8.82. The monoisotopic (exact) mass is 343 g/mol. The van der Waals surface area contributed by atoms with Crippen molar-refractivity contribution in [3.8, 4) is 5.75 Å². The average Bonchev–Trinajstić information content (AvgIpc) is 3.06. The molecule has 0 aliphatic rings. The van der Waals surface area contributed by atoms with E-state index in [2.05, 4.69) is 52.7 Å². The summed E-state index contributed by atoms with van der Waals surface area (Å²) in [7, 11) is 0. The van der Waals surface area contributed by atoms with Crippen LogP contribution in [0, 0.1) is 6.92 Å². The maximum absolute atomic E-state index is 5.93. The Morgan fingerprint density at radius 3 is 2.84 bits per heavy atom. The molecule has 6 nitrogen and oxygen atoms in total. The molecule has 0 aliphatic heterocycles. The fourth-order valence-electron chi connectivity index (χ4n) is 2.38. The topological polar surface area (TPSA) is 63.5 Å². The Labute approximate surface area is 150 Å². The average molecular weight is 343 g/mol. The van der Waals surface area contributed by atoms with Crippen LogP contribution < -0.4 is 15.4 Å². The third-order valence-corrected chi connectivity index (χ3v) is 3.56. The van der Waals surface area contributed by atoms with E-state index >= 15 is 0 Å². The van der Waals surface area contributed by atoms with Crippen LogP contribution in [-0.2, 0) is 13.1 Å².